The largest absolute Gasteiger partial charge is 0.369 e. The van der Waals surface area contributed by atoms with E-state index >= 15 is 0 Å². The summed E-state index contributed by atoms with van der Waals surface area (Å²) in [5, 5.41) is 3.38. The highest BCUT2D eigenvalue weighted by atomic mass is 79.9. The van der Waals surface area contributed by atoms with E-state index in [0.29, 0.717) is 5.92 Å². The van der Waals surface area contributed by atoms with Gasteiger partial charge in [0.25, 0.3) is 0 Å². The summed E-state index contributed by atoms with van der Waals surface area (Å²) in [7, 11) is 0. The van der Waals surface area contributed by atoms with Crippen molar-refractivity contribution < 1.29 is 0 Å². The number of benzene rings is 1. The van der Waals surface area contributed by atoms with Gasteiger partial charge in [0.15, 0.2) is 0 Å². The predicted octanol–water partition coefficient (Wildman–Crippen LogP) is 3.60. The van der Waals surface area contributed by atoms with Gasteiger partial charge in [-0.2, -0.15) is 0 Å². The third-order valence-electron chi connectivity index (χ3n) is 3.22. The zero-order chi connectivity index (χ0) is 11.7. The lowest BCUT2D eigenvalue weighted by Crippen LogP contribution is -2.24. The van der Waals surface area contributed by atoms with E-state index in [-0.39, 0.29) is 0 Å². The van der Waals surface area contributed by atoms with E-state index in [0.717, 1.165) is 16.8 Å². The third-order valence-corrected chi connectivity index (χ3v) is 3.69. The van der Waals surface area contributed by atoms with E-state index in [1.807, 2.05) is 18.3 Å². The molecule has 3 rings (SSSR count). The molecule has 3 heteroatoms. The molecule has 1 heterocycles. The quantitative estimate of drug-likeness (QED) is 0.934. The smallest absolute Gasteiger partial charge is 0.125 e. The van der Waals surface area contributed by atoms with Gasteiger partial charge < -0.3 is 5.32 Å². The van der Waals surface area contributed by atoms with Crippen LogP contribution in [0.25, 0.3) is 0 Å². The Morgan fingerprint density at radius 3 is 2.88 bits per heavy atom. The highest BCUT2D eigenvalue weighted by molar-refractivity contribution is 9.10. The highest BCUT2D eigenvalue weighted by Gasteiger charge is 2.24. The van der Waals surface area contributed by atoms with E-state index in [1.54, 1.807) is 0 Å². The maximum absolute atomic E-state index is 4.31. The van der Waals surface area contributed by atoms with Gasteiger partial charge in [0, 0.05) is 23.1 Å². The zero-order valence-corrected chi connectivity index (χ0v) is 10.9. The first-order valence-electron chi connectivity index (χ1n) is 5.76. The Hall–Kier alpha value is -1.35. The van der Waals surface area contributed by atoms with Gasteiger partial charge in [0.1, 0.15) is 5.82 Å². The predicted molar refractivity (Wildman–Crippen MR) is 73.3 cm³/mol. The molecule has 0 bridgehead atoms. The molecule has 1 N–H and O–H groups in total. The second-order valence-electron chi connectivity index (χ2n) is 4.34. The van der Waals surface area contributed by atoms with Crippen LogP contribution < -0.4 is 5.32 Å². The van der Waals surface area contributed by atoms with Crippen LogP contribution in [0.4, 0.5) is 5.82 Å². The van der Waals surface area contributed by atoms with Crippen LogP contribution >= 0.6 is 15.9 Å². The summed E-state index contributed by atoms with van der Waals surface area (Å²) < 4.78 is 1.01. The fourth-order valence-corrected chi connectivity index (χ4v) is 2.49. The second-order valence-corrected chi connectivity index (χ2v) is 5.26. The fraction of sp³-hybridized carbons (Fsp3) is 0.214. The van der Waals surface area contributed by atoms with Crippen molar-refractivity contribution in [1.29, 1.82) is 0 Å². The minimum Gasteiger partial charge on any atom is -0.369 e. The summed E-state index contributed by atoms with van der Waals surface area (Å²) in [5.74, 6) is 1.58. The molecule has 1 aliphatic carbocycles. The van der Waals surface area contributed by atoms with Crippen molar-refractivity contribution in [3.8, 4) is 0 Å². The van der Waals surface area contributed by atoms with E-state index in [1.165, 1.54) is 17.5 Å². The van der Waals surface area contributed by atoms with E-state index in [2.05, 4.69) is 50.5 Å². The number of fused-ring (bicyclic) bond motifs is 1. The minimum atomic E-state index is 0.636. The van der Waals surface area contributed by atoms with Gasteiger partial charge in [-0.15, -0.1) is 0 Å². The molecule has 2 nitrogen and oxygen atoms in total. The van der Waals surface area contributed by atoms with E-state index < -0.39 is 0 Å². The summed E-state index contributed by atoms with van der Waals surface area (Å²) >= 11 is 3.38. The molecule has 1 atom stereocenters. The van der Waals surface area contributed by atoms with E-state index in [4.69, 9.17) is 0 Å². The Morgan fingerprint density at radius 1 is 1.24 bits per heavy atom. The Bertz CT molecular complexity index is 522. The summed E-state index contributed by atoms with van der Waals surface area (Å²) in [4.78, 5) is 4.31. The van der Waals surface area contributed by atoms with Gasteiger partial charge >= 0.3 is 0 Å². The lowest BCUT2D eigenvalue weighted by molar-refractivity contribution is 0.634. The van der Waals surface area contributed by atoms with Gasteiger partial charge in [-0.1, -0.05) is 24.3 Å². The summed E-state index contributed by atoms with van der Waals surface area (Å²) in [6.07, 6.45) is 3.00. The average molecular weight is 289 g/mol. The van der Waals surface area contributed by atoms with Gasteiger partial charge in [-0.05, 0) is 45.6 Å². The number of nitrogens with zero attached hydrogens (tertiary/aromatic N) is 1. The number of hydrogen-bond acceptors (Lipinski definition) is 2. The molecule has 1 aromatic carbocycles. The number of nitrogens with one attached hydrogen (secondary N) is 1. The van der Waals surface area contributed by atoms with Gasteiger partial charge in [0.05, 0.1) is 0 Å². The molecule has 0 amide bonds. The molecule has 0 aliphatic heterocycles. The van der Waals surface area contributed by atoms with Crippen molar-refractivity contribution >= 4 is 21.7 Å². The van der Waals surface area contributed by atoms with Crippen LogP contribution in [0.5, 0.6) is 0 Å². The topological polar surface area (TPSA) is 24.9 Å². The van der Waals surface area contributed by atoms with Crippen LogP contribution in [-0.2, 0) is 6.42 Å². The molecule has 0 fully saturated rings. The molecular formula is C14H13BrN2. The molecule has 1 aromatic heterocycles. The first-order chi connectivity index (χ1) is 8.33. The van der Waals surface area contributed by atoms with Crippen molar-refractivity contribution in [1.82, 2.24) is 4.98 Å². The van der Waals surface area contributed by atoms with Crippen LogP contribution in [0.3, 0.4) is 0 Å². The lowest BCUT2D eigenvalue weighted by Gasteiger charge is -2.30. The lowest BCUT2D eigenvalue weighted by atomic mass is 9.77. The monoisotopic (exact) mass is 288 g/mol. The molecule has 1 unspecified atom stereocenters. The molecule has 86 valence electrons. The second kappa shape index (κ2) is 4.49. The minimum absolute atomic E-state index is 0.636. The molecule has 0 saturated heterocycles. The number of anilines is 1. The first-order valence-corrected chi connectivity index (χ1v) is 6.55. The van der Waals surface area contributed by atoms with Crippen molar-refractivity contribution in [2.24, 2.45) is 0 Å². The van der Waals surface area contributed by atoms with Crippen LogP contribution in [0.15, 0.2) is 47.1 Å². The number of hydrogen-bond donors (Lipinski definition) is 1. The maximum Gasteiger partial charge on any atom is 0.125 e. The number of pyridine rings is 1. The van der Waals surface area contributed by atoms with Crippen molar-refractivity contribution in [3.63, 3.8) is 0 Å². The van der Waals surface area contributed by atoms with Gasteiger partial charge in [-0.25, -0.2) is 4.98 Å². The van der Waals surface area contributed by atoms with Crippen LogP contribution in [0.2, 0.25) is 0 Å². The SMILES string of the molecule is Brc1ccc(NCC2Cc3ccccc32)nc1. The summed E-state index contributed by atoms with van der Waals surface area (Å²) in [5.41, 5.74) is 2.97. The number of halogens is 1. The molecule has 0 saturated carbocycles. The van der Waals surface area contributed by atoms with Crippen molar-refractivity contribution in [2.45, 2.75) is 12.3 Å². The van der Waals surface area contributed by atoms with Crippen LogP contribution in [0.1, 0.15) is 17.0 Å². The van der Waals surface area contributed by atoms with E-state index in [9.17, 15) is 0 Å². The van der Waals surface area contributed by atoms with Gasteiger partial charge in [0.2, 0.25) is 0 Å². The Morgan fingerprint density at radius 2 is 2.12 bits per heavy atom. The third kappa shape index (κ3) is 2.20. The van der Waals surface area contributed by atoms with Crippen molar-refractivity contribution in [3.05, 3.63) is 58.2 Å². The number of aromatic nitrogens is 1. The first kappa shape index (κ1) is 10.8. The number of rotatable bonds is 3. The van der Waals surface area contributed by atoms with Crippen LogP contribution in [-0.4, -0.2) is 11.5 Å². The normalized spacial score (nSPS) is 17.1. The molecule has 1 aliphatic rings. The molecule has 2 aromatic rings. The molecular weight excluding hydrogens is 276 g/mol. The molecule has 0 spiro atoms. The summed E-state index contributed by atoms with van der Waals surface area (Å²) in [6, 6.07) is 12.7. The highest BCUT2D eigenvalue weighted by Crippen LogP contribution is 2.34. The molecule has 17 heavy (non-hydrogen) atoms. The Kier molecular flexibility index (Phi) is 2.85. The Balaban J connectivity index is 1.62. The summed E-state index contributed by atoms with van der Waals surface area (Å²) in [6.45, 7) is 0.964. The maximum atomic E-state index is 4.31. The van der Waals surface area contributed by atoms with Crippen LogP contribution in [0, 0.1) is 0 Å². The molecule has 0 radical (unpaired) electrons. The average Bonchev–Trinajstić information content (AvgIpc) is 2.33. The van der Waals surface area contributed by atoms with Crippen molar-refractivity contribution in [2.75, 3.05) is 11.9 Å². The van der Waals surface area contributed by atoms with Gasteiger partial charge in [-0.3, -0.25) is 0 Å². The Labute approximate surface area is 109 Å². The standard InChI is InChI=1S/C14H13BrN2/c15-12-5-6-14(17-9-12)16-8-11-7-10-3-1-2-4-13(10)11/h1-6,9,11H,7-8H2,(H,16,17). The fourth-order valence-electron chi connectivity index (χ4n) is 2.25. The zero-order valence-electron chi connectivity index (χ0n) is 9.36.